The number of hydrogen-bond donors (Lipinski definition) is 1. The third kappa shape index (κ3) is 3.89. The second-order valence-corrected chi connectivity index (χ2v) is 9.82. The Morgan fingerprint density at radius 1 is 1.10 bits per heavy atom. The molecule has 0 spiro atoms. The molecule has 1 N–H and O–H groups in total. The number of aromatic nitrogens is 4. The standard InChI is InChI=1S/C21H17N5O2S3/c1-13-4-6-14(7-5-13)22-17(27)12-31-21-24-23-20-25(11-15-3-2-9-29-15)19(28)18-16(26(20)21)8-10-30-18/h2-10H,11-12H2,1H3,(H,22,27). The van der Waals surface area contributed by atoms with Gasteiger partial charge in [0.05, 0.1) is 17.8 Å². The van der Waals surface area contributed by atoms with Crippen LogP contribution in [0.5, 0.6) is 0 Å². The molecule has 1 aromatic carbocycles. The number of benzene rings is 1. The Bertz CT molecular complexity index is 1430. The third-order valence-corrected chi connectivity index (χ3v) is 7.43. The smallest absolute Gasteiger partial charge is 0.273 e. The zero-order valence-corrected chi connectivity index (χ0v) is 18.9. The summed E-state index contributed by atoms with van der Waals surface area (Å²) in [5.41, 5.74) is 2.58. The topological polar surface area (TPSA) is 81.3 Å². The van der Waals surface area contributed by atoms with E-state index < -0.39 is 0 Å². The Morgan fingerprint density at radius 3 is 2.71 bits per heavy atom. The summed E-state index contributed by atoms with van der Waals surface area (Å²) >= 11 is 4.29. The van der Waals surface area contributed by atoms with Gasteiger partial charge < -0.3 is 5.32 Å². The average Bonchev–Trinajstić information content (AvgIpc) is 3.51. The molecule has 4 heterocycles. The monoisotopic (exact) mass is 467 g/mol. The maximum absolute atomic E-state index is 13.1. The average molecular weight is 468 g/mol. The van der Waals surface area contributed by atoms with Gasteiger partial charge in [0.2, 0.25) is 11.7 Å². The maximum Gasteiger partial charge on any atom is 0.273 e. The number of aryl methyl sites for hydroxylation is 1. The molecule has 0 radical (unpaired) electrons. The quantitative estimate of drug-likeness (QED) is 0.378. The fraction of sp³-hybridized carbons (Fsp3) is 0.143. The Labute approximate surface area is 189 Å². The van der Waals surface area contributed by atoms with Crippen LogP contribution in [0.1, 0.15) is 10.4 Å². The van der Waals surface area contributed by atoms with E-state index in [4.69, 9.17) is 0 Å². The van der Waals surface area contributed by atoms with Crippen molar-refractivity contribution in [1.82, 2.24) is 19.2 Å². The summed E-state index contributed by atoms with van der Waals surface area (Å²) in [4.78, 5) is 26.6. The fourth-order valence-electron chi connectivity index (χ4n) is 3.26. The Morgan fingerprint density at radius 2 is 1.94 bits per heavy atom. The van der Waals surface area contributed by atoms with E-state index in [0.717, 1.165) is 21.6 Å². The molecule has 0 saturated carbocycles. The van der Waals surface area contributed by atoms with Crippen LogP contribution in [0.4, 0.5) is 5.69 Å². The van der Waals surface area contributed by atoms with Gasteiger partial charge >= 0.3 is 0 Å². The van der Waals surface area contributed by atoms with Crippen LogP contribution in [0.15, 0.2) is 63.2 Å². The Kier molecular flexibility index (Phi) is 5.34. The van der Waals surface area contributed by atoms with Gasteiger partial charge in [-0.1, -0.05) is 35.5 Å². The number of thiophene rings is 2. The number of carbonyl (C=O) groups excluding carboxylic acids is 1. The molecule has 4 aromatic heterocycles. The number of hydrogen-bond acceptors (Lipinski definition) is 7. The third-order valence-electron chi connectivity index (χ3n) is 4.74. The van der Waals surface area contributed by atoms with Gasteiger partial charge in [0.25, 0.3) is 5.56 Å². The molecule has 5 aromatic rings. The second kappa shape index (κ2) is 8.29. The van der Waals surface area contributed by atoms with Crippen LogP contribution in [0.2, 0.25) is 0 Å². The lowest BCUT2D eigenvalue weighted by Crippen LogP contribution is -2.22. The van der Waals surface area contributed by atoms with Crippen LogP contribution >= 0.6 is 34.4 Å². The van der Waals surface area contributed by atoms with Crippen molar-refractivity contribution in [3.05, 3.63) is 74.0 Å². The zero-order chi connectivity index (χ0) is 21.4. The fourth-order valence-corrected chi connectivity index (χ4v) is 5.52. The lowest BCUT2D eigenvalue weighted by molar-refractivity contribution is -0.113. The molecule has 0 aliphatic carbocycles. The van der Waals surface area contributed by atoms with Gasteiger partial charge in [-0.2, -0.15) is 0 Å². The van der Waals surface area contributed by atoms with Crippen LogP contribution < -0.4 is 10.9 Å². The highest BCUT2D eigenvalue weighted by Crippen LogP contribution is 2.25. The van der Waals surface area contributed by atoms with Gasteiger partial charge in [0.1, 0.15) is 4.70 Å². The summed E-state index contributed by atoms with van der Waals surface area (Å²) in [6.07, 6.45) is 0. The van der Waals surface area contributed by atoms with Crippen LogP contribution in [-0.4, -0.2) is 30.8 Å². The summed E-state index contributed by atoms with van der Waals surface area (Å²) in [5.74, 6) is 0.537. The lowest BCUT2D eigenvalue weighted by Gasteiger charge is -2.08. The minimum absolute atomic E-state index is 0.0769. The largest absolute Gasteiger partial charge is 0.325 e. The SMILES string of the molecule is Cc1ccc(NC(=O)CSc2nnc3n(Cc4cccs4)c(=O)c4sccc4n23)cc1. The minimum atomic E-state index is -0.126. The Balaban J connectivity index is 1.46. The van der Waals surface area contributed by atoms with Gasteiger partial charge in [-0.3, -0.25) is 18.6 Å². The predicted octanol–water partition coefficient (Wildman–Crippen LogP) is 4.25. The van der Waals surface area contributed by atoms with Gasteiger partial charge in [-0.25, -0.2) is 0 Å². The van der Waals surface area contributed by atoms with E-state index in [0.29, 0.717) is 22.2 Å². The predicted molar refractivity (Wildman–Crippen MR) is 127 cm³/mol. The molecular formula is C21H17N5O2S3. The molecule has 7 nitrogen and oxygen atoms in total. The van der Waals surface area contributed by atoms with E-state index in [1.807, 2.05) is 64.5 Å². The molecule has 0 unspecified atom stereocenters. The highest BCUT2D eigenvalue weighted by atomic mass is 32.2. The van der Waals surface area contributed by atoms with E-state index in [2.05, 4.69) is 15.5 Å². The number of nitrogens with zero attached hydrogens (tertiary/aromatic N) is 4. The van der Waals surface area contributed by atoms with E-state index in [-0.39, 0.29) is 17.2 Å². The Hall–Kier alpha value is -2.95. The first-order valence-corrected chi connectivity index (χ1v) is 12.2. The number of thioether (sulfide) groups is 1. The molecule has 10 heteroatoms. The van der Waals surface area contributed by atoms with Crippen molar-refractivity contribution in [2.75, 3.05) is 11.1 Å². The summed E-state index contributed by atoms with van der Waals surface area (Å²) in [6, 6.07) is 13.5. The molecule has 0 saturated heterocycles. The summed E-state index contributed by atoms with van der Waals surface area (Å²) < 4.78 is 4.16. The highest BCUT2D eigenvalue weighted by molar-refractivity contribution is 7.99. The second-order valence-electron chi connectivity index (χ2n) is 6.93. The number of nitrogens with one attached hydrogen (secondary N) is 1. The molecule has 0 fully saturated rings. The number of carbonyl (C=O) groups is 1. The summed E-state index contributed by atoms with van der Waals surface area (Å²) in [5, 5.41) is 15.9. The first-order valence-electron chi connectivity index (χ1n) is 9.47. The maximum atomic E-state index is 13.1. The van der Waals surface area contributed by atoms with E-state index in [1.54, 1.807) is 15.9 Å². The summed E-state index contributed by atoms with van der Waals surface area (Å²) in [7, 11) is 0. The highest BCUT2D eigenvalue weighted by Gasteiger charge is 2.19. The molecule has 0 atom stereocenters. The molecule has 1 amide bonds. The van der Waals surface area contributed by atoms with Crippen molar-refractivity contribution in [2.24, 2.45) is 0 Å². The minimum Gasteiger partial charge on any atom is -0.325 e. The van der Waals surface area contributed by atoms with Crippen LogP contribution in [-0.2, 0) is 11.3 Å². The van der Waals surface area contributed by atoms with Crippen molar-refractivity contribution in [3.8, 4) is 0 Å². The lowest BCUT2D eigenvalue weighted by atomic mass is 10.2. The summed E-state index contributed by atoms with van der Waals surface area (Å²) in [6.45, 7) is 2.44. The first-order chi connectivity index (χ1) is 15.1. The molecule has 156 valence electrons. The van der Waals surface area contributed by atoms with Crippen LogP contribution in [0.25, 0.3) is 16.0 Å². The first kappa shape index (κ1) is 20.0. The number of anilines is 1. The van der Waals surface area contributed by atoms with E-state index >= 15 is 0 Å². The van der Waals surface area contributed by atoms with Gasteiger partial charge in [-0.05, 0) is 41.9 Å². The van der Waals surface area contributed by atoms with Gasteiger partial charge in [0, 0.05) is 10.6 Å². The molecule has 0 aliphatic rings. The van der Waals surface area contributed by atoms with Gasteiger partial charge in [0.15, 0.2) is 5.16 Å². The van der Waals surface area contributed by atoms with Crippen molar-refractivity contribution in [3.63, 3.8) is 0 Å². The van der Waals surface area contributed by atoms with Crippen molar-refractivity contribution >= 4 is 62.0 Å². The normalized spacial score (nSPS) is 11.4. The molecule has 0 aliphatic heterocycles. The van der Waals surface area contributed by atoms with E-state index in [1.165, 1.54) is 23.1 Å². The number of rotatable bonds is 6. The van der Waals surface area contributed by atoms with Gasteiger partial charge in [-0.15, -0.1) is 32.9 Å². The molecule has 31 heavy (non-hydrogen) atoms. The van der Waals surface area contributed by atoms with Crippen molar-refractivity contribution in [1.29, 1.82) is 0 Å². The molecule has 5 rings (SSSR count). The van der Waals surface area contributed by atoms with Crippen molar-refractivity contribution in [2.45, 2.75) is 18.6 Å². The van der Waals surface area contributed by atoms with E-state index in [9.17, 15) is 9.59 Å². The number of amides is 1. The molecular weight excluding hydrogens is 450 g/mol. The zero-order valence-electron chi connectivity index (χ0n) is 16.4. The number of fused-ring (bicyclic) bond motifs is 3. The van der Waals surface area contributed by atoms with Crippen LogP contribution in [0, 0.1) is 6.92 Å². The van der Waals surface area contributed by atoms with Crippen molar-refractivity contribution < 1.29 is 4.79 Å². The molecule has 0 bridgehead atoms. The van der Waals surface area contributed by atoms with Crippen LogP contribution in [0.3, 0.4) is 0 Å².